The van der Waals surface area contributed by atoms with Crippen molar-refractivity contribution in [2.45, 2.75) is 13.0 Å². The predicted octanol–water partition coefficient (Wildman–Crippen LogP) is 3.19. The minimum absolute atomic E-state index is 0. The molecular formula is C23H31IN6O. The third-order valence-corrected chi connectivity index (χ3v) is 4.72. The summed E-state index contributed by atoms with van der Waals surface area (Å²) in [5, 5.41) is 10.9. The molecule has 31 heavy (non-hydrogen) atoms. The predicted molar refractivity (Wildman–Crippen MR) is 139 cm³/mol. The molecule has 166 valence electrons. The molecule has 0 aliphatic rings. The molecule has 3 aromatic rings. The van der Waals surface area contributed by atoms with Crippen LogP contribution in [0.15, 0.2) is 59.7 Å². The van der Waals surface area contributed by atoms with Gasteiger partial charge in [0.05, 0.1) is 6.54 Å². The molecule has 1 heterocycles. The van der Waals surface area contributed by atoms with Crippen LogP contribution in [-0.2, 0) is 17.8 Å². The fraction of sp³-hybridized carbons (Fsp3) is 0.304. The highest BCUT2D eigenvalue weighted by Crippen LogP contribution is 2.17. The summed E-state index contributed by atoms with van der Waals surface area (Å²) in [5.41, 5.74) is 4.31. The Bertz CT molecular complexity index is 1010. The Labute approximate surface area is 200 Å². The van der Waals surface area contributed by atoms with E-state index in [2.05, 4.69) is 50.3 Å². The third-order valence-electron chi connectivity index (χ3n) is 4.72. The highest BCUT2D eigenvalue weighted by molar-refractivity contribution is 14.0. The van der Waals surface area contributed by atoms with Crippen LogP contribution >= 0.6 is 24.0 Å². The zero-order chi connectivity index (χ0) is 21.3. The van der Waals surface area contributed by atoms with Crippen molar-refractivity contribution in [2.75, 3.05) is 39.5 Å². The van der Waals surface area contributed by atoms with Crippen LogP contribution < -0.4 is 16.0 Å². The Kier molecular flexibility index (Phi) is 9.80. The molecule has 0 unspecified atom stereocenters. The first-order chi connectivity index (χ1) is 14.5. The molecule has 3 rings (SSSR count). The number of aromatic amines is 1. The van der Waals surface area contributed by atoms with Crippen LogP contribution in [0, 0.1) is 0 Å². The molecular weight excluding hydrogens is 503 g/mol. The lowest BCUT2D eigenvalue weighted by Gasteiger charge is -2.13. The lowest BCUT2D eigenvalue weighted by molar-refractivity contribution is -0.116. The number of guanidine groups is 1. The van der Waals surface area contributed by atoms with Crippen molar-refractivity contribution in [3.63, 3.8) is 0 Å². The molecule has 1 amide bonds. The topological polar surface area (TPSA) is 84.5 Å². The number of hydrogen-bond acceptors (Lipinski definition) is 3. The van der Waals surface area contributed by atoms with Crippen LogP contribution in [0.4, 0.5) is 5.69 Å². The zero-order valence-electron chi connectivity index (χ0n) is 18.2. The quantitative estimate of drug-likeness (QED) is 0.203. The maximum Gasteiger partial charge on any atom is 0.238 e. The summed E-state index contributed by atoms with van der Waals surface area (Å²) in [6.45, 7) is 1.75. The molecule has 0 atom stereocenters. The van der Waals surface area contributed by atoms with Crippen molar-refractivity contribution >= 4 is 52.4 Å². The van der Waals surface area contributed by atoms with Gasteiger partial charge in [-0.05, 0) is 49.8 Å². The average molecular weight is 534 g/mol. The maximum absolute atomic E-state index is 11.9. The van der Waals surface area contributed by atoms with Crippen LogP contribution in [0.5, 0.6) is 0 Å². The summed E-state index contributed by atoms with van der Waals surface area (Å²) in [4.78, 5) is 21.4. The van der Waals surface area contributed by atoms with E-state index in [9.17, 15) is 4.79 Å². The Balaban J connectivity index is 0.00000341. The van der Waals surface area contributed by atoms with Gasteiger partial charge in [0.15, 0.2) is 5.96 Å². The molecule has 0 spiro atoms. The standard InChI is InChI=1S/C23H30N6O.HI/c1-24-23(25-12-11-18-15-26-21-10-5-4-9-20(18)21)27-14-17-7-6-8-19(13-17)28-22(30)16-29(2)3;/h4-10,13,15,26H,11-12,14,16H2,1-3H3,(H,28,30)(H2,24,25,27);1H. The second kappa shape index (κ2) is 12.3. The summed E-state index contributed by atoms with van der Waals surface area (Å²) in [6, 6.07) is 16.1. The number of amides is 1. The molecule has 0 aliphatic heterocycles. The number of halogens is 1. The van der Waals surface area contributed by atoms with Crippen LogP contribution in [0.25, 0.3) is 10.9 Å². The van der Waals surface area contributed by atoms with Gasteiger partial charge >= 0.3 is 0 Å². The molecule has 0 saturated carbocycles. The van der Waals surface area contributed by atoms with E-state index in [1.54, 1.807) is 7.05 Å². The minimum Gasteiger partial charge on any atom is -0.361 e. The highest BCUT2D eigenvalue weighted by atomic mass is 127. The van der Waals surface area contributed by atoms with Crippen molar-refractivity contribution in [1.29, 1.82) is 0 Å². The Morgan fingerprint density at radius 1 is 1.10 bits per heavy atom. The number of H-pyrrole nitrogens is 1. The van der Waals surface area contributed by atoms with Gasteiger partial charge in [-0.25, -0.2) is 0 Å². The SMILES string of the molecule is CN=C(NCCc1c[nH]c2ccccc12)NCc1cccc(NC(=O)CN(C)C)c1.I. The number of fused-ring (bicyclic) bond motifs is 1. The molecule has 2 aromatic carbocycles. The van der Waals surface area contributed by atoms with E-state index in [1.165, 1.54) is 10.9 Å². The number of aliphatic imine (C=N–C) groups is 1. The Hall–Kier alpha value is -2.59. The van der Waals surface area contributed by atoms with Gasteiger partial charge in [-0.1, -0.05) is 30.3 Å². The molecule has 0 aliphatic carbocycles. The summed E-state index contributed by atoms with van der Waals surface area (Å²) in [7, 11) is 5.51. The monoisotopic (exact) mass is 534 g/mol. The zero-order valence-corrected chi connectivity index (χ0v) is 20.6. The first-order valence-electron chi connectivity index (χ1n) is 10.1. The number of benzene rings is 2. The van der Waals surface area contributed by atoms with Gasteiger partial charge in [0.25, 0.3) is 0 Å². The number of para-hydroxylation sites is 1. The number of aromatic nitrogens is 1. The van der Waals surface area contributed by atoms with Crippen molar-refractivity contribution in [3.8, 4) is 0 Å². The average Bonchev–Trinajstić information content (AvgIpc) is 3.13. The van der Waals surface area contributed by atoms with Crippen molar-refractivity contribution in [1.82, 2.24) is 20.5 Å². The largest absolute Gasteiger partial charge is 0.361 e. The Morgan fingerprint density at radius 3 is 2.68 bits per heavy atom. The van der Waals surface area contributed by atoms with Crippen molar-refractivity contribution in [2.24, 2.45) is 4.99 Å². The molecule has 8 heteroatoms. The van der Waals surface area contributed by atoms with Gasteiger partial charge < -0.3 is 25.8 Å². The second-order valence-corrected chi connectivity index (χ2v) is 7.45. The van der Waals surface area contributed by atoms with Crippen LogP contribution in [-0.4, -0.2) is 56.0 Å². The number of hydrogen-bond donors (Lipinski definition) is 4. The van der Waals surface area contributed by atoms with Crippen molar-refractivity contribution < 1.29 is 4.79 Å². The molecule has 1 aromatic heterocycles. The molecule has 0 saturated heterocycles. The molecule has 7 nitrogen and oxygen atoms in total. The van der Waals surface area contributed by atoms with E-state index in [0.29, 0.717) is 13.1 Å². The number of nitrogens with one attached hydrogen (secondary N) is 4. The summed E-state index contributed by atoms with van der Waals surface area (Å²) >= 11 is 0. The Morgan fingerprint density at radius 2 is 1.90 bits per heavy atom. The van der Waals surface area contributed by atoms with Crippen LogP contribution in [0.1, 0.15) is 11.1 Å². The number of carbonyl (C=O) groups excluding carboxylic acids is 1. The highest BCUT2D eigenvalue weighted by Gasteiger charge is 2.06. The minimum atomic E-state index is -0.0279. The molecule has 0 bridgehead atoms. The van der Waals surface area contributed by atoms with E-state index in [0.717, 1.165) is 35.7 Å². The molecule has 4 N–H and O–H groups in total. The van der Waals surface area contributed by atoms with Gasteiger partial charge in [-0.2, -0.15) is 0 Å². The van der Waals surface area contributed by atoms with Gasteiger partial charge in [0, 0.05) is 42.9 Å². The summed E-state index contributed by atoms with van der Waals surface area (Å²) < 4.78 is 0. The smallest absolute Gasteiger partial charge is 0.238 e. The number of anilines is 1. The fourth-order valence-electron chi connectivity index (χ4n) is 3.31. The lowest BCUT2D eigenvalue weighted by Crippen LogP contribution is -2.37. The number of rotatable bonds is 8. The lowest BCUT2D eigenvalue weighted by atomic mass is 10.1. The van der Waals surface area contributed by atoms with Crippen LogP contribution in [0.2, 0.25) is 0 Å². The summed E-state index contributed by atoms with van der Waals surface area (Å²) in [5.74, 6) is 0.719. The van der Waals surface area contributed by atoms with Gasteiger partial charge in [0.2, 0.25) is 5.91 Å². The van der Waals surface area contributed by atoms with E-state index in [1.807, 2.05) is 49.3 Å². The molecule has 0 radical (unpaired) electrons. The molecule has 0 fully saturated rings. The van der Waals surface area contributed by atoms with Gasteiger partial charge in [-0.15, -0.1) is 24.0 Å². The van der Waals surface area contributed by atoms with Gasteiger partial charge in [0.1, 0.15) is 0 Å². The number of likely N-dealkylation sites (N-methyl/N-ethyl adjacent to an activating group) is 1. The van der Waals surface area contributed by atoms with E-state index in [-0.39, 0.29) is 29.9 Å². The second-order valence-electron chi connectivity index (χ2n) is 7.45. The van der Waals surface area contributed by atoms with Gasteiger partial charge in [-0.3, -0.25) is 9.79 Å². The normalized spacial score (nSPS) is 11.3. The van der Waals surface area contributed by atoms with E-state index < -0.39 is 0 Å². The number of nitrogens with zero attached hydrogens (tertiary/aromatic N) is 2. The van der Waals surface area contributed by atoms with Crippen LogP contribution in [0.3, 0.4) is 0 Å². The maximum atomic E-state index is 11.9. The summed E-state index contributed by atoms with van der Waals surface area (Å²) in [6.07, 6.45) is 2.97. The van der Waals surface area contributed by atoms with Crippen molar-refractivity contribution in [3.05, 3.63) is 65.9 Å². The third kappa shape index (κ3) is 7.55. The van der Waals surface area contributed by atoms with E-state index >= 15 is 0 Å². The first kappa shape index (κ1) is 24.7. The number of carbonyl (C=O) groups is 1. The first-order valence-corrected chi connectivity index (χ1v) is 10.1. The fourth-order valence-corrected chi connectivity index (χ4v) is 3.31. The van der Waals surface area contributed by atoms with E-state index in [4.69, 9.17) is 0 Å².